The number of benzene rings is 10. The summed E-state index contributed by atoms with van der Waals surface area (Å²) in [5.74, 6) is 0. The fraction of sp³-hybridized carbons (Fsp3) is 0.0789. The first-order valence-corrected chi connectivity index (χ1v) is 27.7. The minimum absolute atomic E-state index is 0.229. The van der Waals surface area contributed by atoms with E-state index in [1.165, 1.54) is 45.0 Å². The molecule has 0 saturated carbocycles. The highest BCUT2D eigenvalue weighted by molar-refractivity contribution is 5.95. The molecule has 4 heteroatoms. The zero-order valence-corrected chi connectivity index (χ0v) is 45.3. The first-order valence-electron chi connectivity index (χ1n) is 27.7. The average Bonchev–Trinajstić information content (AvgIpc) is 3.69. The lowest BCUT2D eigenvalue weighted by atomic mass is 9.73. The third-order valence-electron chi connectivity index (χ3n) is 16.6. The van der Waals surface area contributed by atoms with E-state index in [-0.39, 0.29) is 10.8 Å². The van der Waals surface area contributed by atoms with Crippen molar-refractivity contribution in [3.8, 4) is 78.4 Å². The van der Waals surface area contributed by atoms with Crippen molar-refractivity contribution in [3.63, 3.8) is 0 Å². The van der Waals surface area contributed by atoms with Gasteiger partial charge in [-0.05, 0) is 141 Å². The highest BCUT2D eigenvalue weighted by Gasteiger charge is 2.39. The zero-order valence-electron chi connectivity index (χ0n) is 45.3. The summed E-state index contributed by atoms with van der Waals surface area (Å²) in [4.78, 5) is 15.7. The van der Waals surface area contributed by atoms with E-state index in [1.54, 1.807) is 0 Å². The van der Waals surface area contributed by atoms with Crippen LogP contribution in [0, 0.1) is 0 Å². The molecule has 0 fully saturated rings. The van der Waals surface area contributed by atoms with Crippen LogP contribution in [-0.4, -0.2) is 9.97 Å². The molecule has 10 aromatic carbocycles. The van der Waals surface area contributed by atoms with Gasteiger partial charge in [0.15, 0.2) is 0 Å². The predicted octanol–water partition coefficient (Wildman–Crippen LogP) is 20.4. The molecule has 2 aromatic heterocycles. The van der Waals surface area contributed by atoms with Crippen LogP contribution >= 0.6 is 0 Å². The monoisotopic (exact) mass is 1030 g/mol. The fourth-order valence-electron chi connectivity index (χ4n) is 12.5. The summed E-state index contributed by atoms with van der Waals surface area (Å²) in [6, 6.07) is 101. The van der Waals surface area contributed by atoms with E-state index in [0.717, 1.165) is 89.8 Å². The van der Waals surface area contributed by atoms with Crippen molar-refractivity contribution in [1.82, 2.24) is 9.97 Å². The second kappa shape index (κ2) is 19.5. The zero-order chi connectivity index (χ0) is 54.0. The van der Waals surface area contributed by atoms with E-state index in [0.29, 0.717) is 0 Å². The van der Waals surface area contributed by atoms with Gasteiger partial charge in [0.25, 0.3) is 0 Å². The minimum atomic E-state index is -0.229. The van der Waals surface area contributed by atoms with Gasteiger partial charge in [0, 0.05) is 44.5 Å². The van der Waals surface area contributed by atoms with Crippen molar-refractivity contribution in [1.29, 1.82) is 0 Å². The van der Waals surface area contributed by atoms with Gasteiger partial charge in [-0.2, -0.15) is 0 Å². The molecule has 14 rings (SSSR count). The van der Waals surface area contributed by atoms with Crippen LogP contribution in [0.15, 0.2) is 279 Å². The summed E-state index contributed by atoms with van der Waals surface area (Å²) >= 11 is 0. The van der Waals surface area contributed by atoms with E-state index >= 15 is 0 Å². The normalized spacial score (nSPS) is 13.7. The number of rotatable bonds is 9. The summed E-state index contributed by atoms with van der Waals surface area (Å²) < 4.78 is 0. The van der Waals surface area contributed by atoms with Crippen molar-refractivity contribution >= 4 is 34.1 Å². The van der Waals surface area contributed by atoms with Crippen LogP contribution < -0.4 is 9.80 Å². The molecule has 0 bridgehead atoms. The molecule has 0 N–H and O–H groups in total. The van der Waals surface area contributed by atoms with Gasteiger partial charge >= 0.3 is 0 Å². The molecule has 2 aliphatic rings. The van der Waals surface area contributed by atoms with Crippen LogP contribution in [0.1, 0.15) is 49.9 Å². The lowest BCUT2D eigenvalue weighted by molar-refractivity contribution is 0.631. The second-order valence-electron chi connectivity index (χ2n) is 22.2. The molecular formula is C76H58N4. The average molecular weight is 1030 g/mol. The van der Waals surface area contributed by atoms with Crippen LogP contribution in [0.2, 0.25) is 0 Å². The highest BCUT2D eigenvalue weighted by Crippen LogP contribution is 2.56. The molecular weight excluding hydrogens is 969 g/mol. The van der Waals surface area contributed by atoms with E-state index in [1.807, 2.05) is 0 Å². The van der Waals surface area contributed by atoms with Gasteiger partial charge < -0.3 is 9.80 Å². The van der Waals surface area contributed by atoms with E-state index in [2.05, 4.69) is 317 Å². The molecule has 382 valence electrons. The fourth-order valence-corrected chi connectivity index (χ4v) is 12.5. The van der Waals surface area contributed by atoms with E-state index < -0.39 is 0 Å². The Bertz CT molecular complexity index is 3810. The number of pyridine rings is 2. The van der Waals surface area contributed by atoms with Gasteiger partial charge in [-0.3, -0.25) is 0 Å². The lowest BCUT2D eigenvalue weighted by Crippen LogP contribution is -2.31. The largest absolute Gasteiger partial charge is 0.310 e. The smallest absolute Gasteiger partial charge is 0.0715 e. The van der Waals surface area contributed by atoms with Crippen molar-refractivity contribution in [2.75, 3.05) is 9.80 Å². The Labute approximate surface area is 469 Å². The number of nitrogens with zero attached hydrogens (tertiary/aromatic N) is 4. The summed E-state index contributed by atoms with van der Waals surface area (Å²) in [7, 11) is 0. The maximum atomic E-state index is 5.35. The van der Waals surface area contributed by atoms with Crippen molar-refractivity contribution in [2.24, 2.45) is 0 Å². The van der Waals surface area contributed by atoms with Crippen LogP contribution in [0.4, 0.5) is 34.1 Å². The number of hydrogen-bond acceptors (Lipinski definition) is 4. The molecule has 80 heavy (non-hydrogen) atoms. The third kappa shape index (κ3) is 8.48. The first kappa shape index (κ1) is 48.5. The summed E-state index contributed by atoms with van der Waals surface area (Å²) in [5, 5.41) is 0. The van der Waals surface area contributed by atoms with E-state index in [9.17, 15) is 0 Å². The Morgan fingerprint density at radius 1 is 0.225 bits per heavy atom. The van der Waals surface area contributed by atoms with E-state index in [4.69, 9.17) is 9.97 Å². The van der Waals surface area contributed by atoms with Crippen molar-refractivity contribution in [3.05, 3.63) is 301 Å². The topological polar surface area (TPSA) is 32.3 Å². The molecule has 0 unspecified atom stereocenters. The summed E-state index contributed by atoms with van der Waals surface area (Å²) in [6.45, 7) is 9.43. The Hall–Kier alpha value is -9.90. The number of hydrogen-bond donors (Lipinski definition) is 0. The van der Waals surface area contributed by atoms with Gasteiger partial charge in [-0.1, -0.05) is 222 Å². The van der Waals surface area contributed by atoms with Crippen LogP contribution in [0.5, 0.6) is 0 Å². The number of para-hydroxylation sites is 4. The molecule has 0 spiro atoms. The summed E-state index contributed by atoms with van der Waals surface area (Å²) in [6.07, 6.45) is 0. The number of anilines is 6. The molecule has 4 heterocycles. The molecule has 2 aliphatic heterocycles. The molecule has 0 amide bonds. The van der Waals surface area contributed by atoms with Crippen molar-refractivity contribution in [2.45, 2.75) is 38.5 Å². The SMILES string of the molecule is CC1(C)c2ccccc2N(c2cc(-c3cc(-c4cc(-c5ccccc5)nc(-c5ccccc5)c4)cc(-c4cc(-c5ccccc5)nc(-c5ccccc5)c4)c3)cc(N3c4ccccc4C(C)(C)c4ccccc43)c2)c2ccccc21. The Morgan fingerprint density at radius 3 is 0.725 bits per heavy atom. The summed E-state index contributed by atoms with van der Waals surface area (Å²) in [5.41, 5.74) is 25.9. The third-order valence-corrected chi connectivity index (χ3v) is 16.6. The predicted molar refractivity (Wildman–Crippen MR) is 334 cm³/mol. The van der Waals surface area contributed by atoms with Gasteiger partial charge in [0.2, 0.25) is 0 Å². The quantitative estimate of drug-likeness (QED) is 0.144. The maximum absolute atomic E-state index is 5.35. The molecule has 0 saturated heterocycles. The Morgan fingerprint density at radius 2 is 0.450 bits per heavy atom. The van der Waals surface area contributed by atoms with Crippen LogP contribution in [0.25, 0.3) is 78.4 Å². The molecule has 4 nitrogen and oxygen atoms in total. The second-order valence-corrected chi connectivity index (χ2v) is 22.2. The number of aromatic nitrogens is 2. The molecule has 12 aromatic rings. The standard InChI is InChI=1S/C76H58N4/c1-75(2)63-33-17-21-37-71(63)79(72-38-22-18-34-64(72)75)61-44-58(45-62(50-61)80-73-39-23-19-35-65(73)76(3,4)66-36-20-24-40-74(66)80)55-41-56(59-46-67(51-25-9-5-10-26-51)77-68(47-59)52-27-11-6-12-28-52)43-57(42-55)60-48-69(53-29-13-7-14-30-53)78-70(49-60)54-31-15-8-16-32-54/h5-50H,1-4H3. The highest BCUT2D eigenvalue weighted by atomic mass is 15.2. The Balaban J connectivity index is 1.07. The lowest BCUT2D eigenvalue weighted by Gasteiger charge is -2.43. The van der Waals surface area contributed by atoms with Gasteiger partial charge in [-0.15, -0.1) is 0 Å². The van der Waals surface area contributed by atoms with Gasteiger partial charge in [-0.25, -0.2) is 9.97 Å². The van der Waals surface area contributed by atoms with Gasteiger partial charge in [0.05, 0.1) is 45.5 Å². The maximum Gasteiger partial charge on any atom is 0.0715 e. The minimum Gasteiger partial charge on any atom is -0.310 e. The van der Waals surface area contributed by atoms with Crippen LogP contribution in [-0.2, 0) is 10.8 Å². The van der Waals surface area contributed by atoms with Crippen LogP contribution in [0.3, 0.4) is 0 Å². The first-order chi connectivity index (χ1) is 39.2. The Kier molecular flexibility index (Phi) is 11.8. The number of fused-ring (bicyclic) bond motifs is 4. The molecule has 0 atom stereocenters. The molecule has 0 aliphatic carbocycles. The molecule has 0 radical (unpaired) electrons. The van der Waals surface area contributed by atoms with Crippen molar-refractivity contribution < 1.29 is 0 Å². The van der Waals surface area contributed by atoms with Gasteiger partial charge in [0.1, 0.15) is 0 Å².